The summed E-state index contributed by atoms with van der Waals surface area (Å²) in [5.41, 5.74) is 2.73. The summed E-state index contributed by atoms with van der Waals surface area (Å²) >= 11 is 6.21. The van der Waals surface area contributed by atoms with Crippen molar-refractivity contribution >= 4 is 17.3 Å². The molecule has 0 bridgehead atoms. The molecule has 1 heterocycles. The van der Waals surface area contributed by atoms with E-state index in [4.69, 9.17) is 25.5 Å². The molecule has 0 saturated heterocycles. The number of nitrogens with zero attached hydrogens (tertiary/aromatic N) is 2. The van der Waals surface area contributed by atoms with Crippen molar-refractivity contribution in [2.45, 2.75) is 19.9 Å². The lowest BCUT2D eigenvalue weighted by Gasteiger charge is -2.16. The number of aromatic nitrogens is 2. The minimum atomic E-state index is -0.237. The van der Waals surface area contributed by atoms with Crippen LogP contribution in [0.4, 0.5) is 5.69 Å². The Bertz CT molecular complexity index is 911. The highest BCUT2D eigenvalue weighted by Crippen LogP contribution is 2.37. The Morgan fingerprint density at radius 2 is 1.85 bits per heavy atom. The topological polar surface area (TPSA) is 69.4 Å². The van der Waals surface area contributed by atoms with Gasteiger partial charge in [-0.15, -0.1) is 10.2 Å². The molecule has 0 amide bonds. The first-order chi connectivity index (χ1) is 12.5. The molecule has 0 radical (unpaired) electrons. The van der Waals surface area contributed by atoms with E-state index in [1.54, 1.807) is 26.4 Å². The van der Waals surface area contributed by atoms with Crippen LogP contribution in [0.15, 0.2) is 40.8 Å². The highest BCUT2D eigenvalue weighted by Gasteiger charge is 2.18. The molecule has 0 spiro atoms. The van der Waals surface area contributed by atoms with Crippen molar-refractivity contribution in [2.75, 3.05) is 19.5 Å². The quantitative estimate of drug-likeness (QED) is 0.663. The van der Waals surface area contributed by atoms with Crippen molar-refractivity contribution in [1.29, 1.82) is 0 Å². The SMILES string of the molecule is COc1cc(OC)c(N[C@H](C)c2nnc(-c3cccc(C)c3)o2)cc1Cl. The molecule has 0 unspecified atom stereocenters. The molecule has 1 N–H and O–H groups in total. The molecule has 136 valence electrons. The van der Waals surface area contributed by atoms with E-state index in [9.17, 15) is 0 Å². The number of hydrogen-bond donors (Lipinski definition) is 1. The van der Waals surface area contributed by atoms with Crippen LogP contribution in [0.2, 0.25) is 5.02 Å². The molecule has 0 aliphatic heterocycles. The summed E-state index contributed by atoms with van der Waals surface area (Å²) in [7, 11) is 3.14. The lowest BCUT2D eigenvalue weighted by molar-refractivity contribution is 0.395. The van der Waals surface area contributed by atoms with E-state index in [1.807, 2.05) is 38.1 Å². The normalized spacial score (nSPS) is 11.9. The Balaban J connectivity index is 1.83. The Morgan fingerprint density at radius 1 is 1.08 bits per heavy atom. The maximum Gasteiger partial charge on any atom is 0.247 e. The smallest absolute Gasteiger partial charge is 0.247 e. The van der Waals surface area contributed by atoms with Crippen LogP contribution in [0.1, 0.15) is 24.4 Å². The summed E-state index contributed by atoms with van der Waals surface area (Å²) in [5, 5.41) is 12.1. The summed E-state index contributed by atoms with van der Waals surface area (Å²) in [6.07, 6.45) is 0. The average Bonchev–Trinajstić information content (AvgIpc) is 3.12. The van der Waals surface area contributed by atoms with Gasteiger partial charge in [-0.25, -0.2) is 0 Å². The number of halogens is 1. The second-order valence-corrected chi connectivity index (χ2v) is 6.28. The average molecular weight is 374 g/mol. The Labute approximate surface area is 157 Å². The van der Waals surface area contributed by atoms with Gasteiger partial charge < -0.3 is 19.2 Å². The lowest BCUT2D eigenvalue weighted by Crippen LogP contribution is -2.08. The van der Waals surface area contributed by atoms with Crippen LogP contribution in [0.3, 0.4) is 0 Å². The van der Waals surface area contributed by atoms with Crippen molar-refractivity contribution in [1.82, 2.24) is 10.2 Å². The van der Waals surface area contributed by atoms with Gasteiger partial charge in [0.05, 0.1) is 24.9 Å². The molecule has 0 aliphatic rings. The number of methoxy groups -OCH3 is 2. The van der Waals surface area contributed by atoms with Gasteiger partial charge in [0.25, 0.3) is 0 Å². The zero-order valence-corrected chi connectivity index (χ0v) is 15.8. The van der Waals surface area contributed by atoms with Crippen molar-refractivity contribution in [3.05, 3.63) is 52.9 Å². The van der Waals surface area contributed by atoms with Gasteiger partial charge in [-0.2, -0.15) is 0 Å². The fourth-order valence-electron chi connectivity index (χ4n) is 2.57. The van der Waals surface area contributed by atoms with Crippen LogP contribution >= 0.6 is 11.6 Å². The van der Waals surface area contributed by atoms with E-state index in [2.05, 4.69) is 15.5 Å². The minimum absolute atomic E-state index is 0.237. The van der Waals surface area contributed by atoms with Crippen LogP contribution in [0.5, 0.6) is 11.5 Å². The molecule has 0 saturated carbocycles. The largest absolute Gasteiger partial charge is 0.495 e. The third-order valence-electron chi connectivity index (χ3n) is 3.92. The molecule has 1 atom stereocenters. The number of ether oxygens (including phenoxy) is 2. The third-order valence-corrected chi connectivity index (χ3v) is 4.22. The highest BCUT2D eigenvalue weighted by atomic mass is 35.5. The number of benzene rings is 2. The number of nitrogens with one attached hydrogen (secondary N) is 1. The van der Waals surface area contributed by atoms with Crippen molar-refractivity contribution in [3.63, 3.8) is 0 Å². The maximum absolute atomic E-state index is 6.21. The van der Waals surface area contributed by atoms with Gasteiger partial charge in [-0.3, -0.25) is 0 Å². The molecule has 3 aromatic rings. The minimum Gasteiger partial charge on any atom is -0.495 e. The highest BCUT2D eigenvalue weighted by molar-refractivity contribution is 6.32. The molecule has 26 heavy (non-hydrogen) atoms. The first-order valence-corrected chi connectivity index (χ1v) is 8.48. The van der Waals surface area contributed by atoms with Gasteiger partial charge in [0.1, 0.15) is 17.5 Å². The van der Waals surface area contributed by atoms with E-state index < -0.39 is 0 Å². The summed E-state index contributed by atoms with van der Waals surface area (Å²) in [6.45, 7) is 3.94. The van der Waals surface area contributed by atoms with Crippen LogP contribution in [0.25, 0.3) is 11.5 Å². The number of hydrogen-bond acceptors (Lipinski definition) is 6. The summed E-state index contributed by atoms with van der Waals surface area (Å²) in [4.78, 5) is 0. The summed E-state index contributed by atoms with van der Waals surface area (Å²) in [5.74, 6) is 2.10. The number of rotatable bonds is 6. The zero-order chi connectivity index (χ0) is 18.7. The second kappa shape index (κ2) is 7.66. The van der Waals surface area contributed by atoms with Crippen molar-refractivity contribution in [3.8, 4) is 23.0 Å². The second-order valence-electron chi connectivity index (χ2n) is 5.87. The van der Waals surface area contributed by atoms with E-state index >= 15 is 0 Å². The molecule has 7 heteroatoms. The van der Waals surface area contributed by atoms with E-state index in [0.717, 1.165) is 11.1 Å². The van der Waals surface area contributed by atoms with Crippen LogP contribution in [0, 0.1) is 6.92 Å². The molecular formula is C19H20ClN3O3. The Hall–Kier alpha value is -2.73. The lowest BCUT2D eigenvalue weighted by atomic mass is 10.1. The van der Waals surface area contributed by atoms with Crippen LogP contribution < -0.4 is 14.8 Å². The fourth-order valence-corrected chi connectivity index (χ4v) is 2.81. The van der Waals surface area contributed by atoms with Gasteiger partial charge in [-0.05, 0) is 32.0 Å². The predicted molar refractivity (Wildman–Crippen MR) is 101 cm³/mol. The van der Waals surface area contributed by atoms with Gasteiger partial charge >= 0.3 is 0 Å². The predicted octanol–water partition coefficient (Wildman–Crippen LogP) is 4.89. The molecule has 1 aromatic heterocycles. The first-order valence-electron chi connectivity index (χ1n) is 8.10. The zero-order valence-electron chi connectivity index (χ0n) is 15.0. The fraction of sp³-hybridized carbons (Fsp3) is 0.263. The summed E-state index contributed by atoms with van der Waals surface area (Å²) < 4.78 is 16.4. The van der Waals surface area contributed by atoms with Crippen LogP contribution in [-0.4, -0.2) is 24.4 Å². The maximum atomic E-state index is 6.21. The Morgan fingerprint density at radius 3 is 2.54 bits per heavy atom. The van der Waals surface area contributed by atoms with Crippen molar-refractivity contribution in [2.24, 2.45) is 0 Å². The molecule has 0 fully saturated rings. The molecular weight excluding hydrogens is 354 g/mol. The van der Waals surface area contributed by atoms with E-state index in [0.29, 0.717) is 34.0 Å². The number of aryl methyl sites for hydroxylation is 1. The van der Waals surface area contributed by atoms with Gasteiger partial charge in [-0.1, -0.05) is 29.3 Å². The van der Waals surface area contributed by atoms with Crippen molar-refractivity contribution < 1.29 is 13.9 Å². The van der Waals surface area contributed by atoms with Crippen LogP contribution in [-0.2, 0) is 0 Å². The molecule has 3 rings (SSSR count). The Kier molecular flexibility index (Phi) is 5.32. The first kappa shape index (κ1) is 18.1. The number of anilines is 1. The van der Waals surface area contributed by atoms with E-state index in [-0.39, 0.29) is 6.04 Å². The standard InChI is InChI=1S/C19H20ClN3O3/c1-11-6-5-7-13(8-11)19-23-22-18(26-19)12(2)21-15-9-14(20)16(24-3)10-17(15)25-4/h5-10,12,21H,1-4H3/t12-/m1/s1. The van der Waals surface area contributed by atoms with Gasteiger partial charge in [0, 0.05) is 11.6 Å². The molecule has 6 nitrogen and oxygen atoms in total. The molecule has 0 aliphatic carbocycles. The van der Waals surface area contributed by atoms with E-state index in [1.165, 1.54) is 0 Å². The monoisotopic (exact) mass is 373 g/mol. The summed E-state index contributed by atoms with van der Waals surface area (Å²) in [6, 6.07) is 11.2. The van der Waals surface area contributed by atoms with Gasteiger partial charge in [0.15, 0.2) is 0 Å². The third kappa shape index (κ3) is 3.75. The molecule has 2 aromatic carbocycles. The van der Waals surface area contributed by atoms with Gasteiger partial charge in [0.2, 0.25) is 11.8 Å².